The number of nitrogens with zero attached hydrogens (tertiary/aromatic N) is 1. The lowest BCUT2D eigenvalue weighted by atomic mass is 9.95. The van der Waals surface area contributed by atoms with E-state index in [2.05, 4.69) is 17.3 Å². The van der Waals surface area contributed by atoms with Crippen LogP contribution in [-0.2, 0) is 0 Å². The van der Waals surface area contributed by atoms with Crippen LogP contribution in [0.2, 0.25) is 0 Å². The van der Waals surface area contributed by atoms with E-state index in [1.54, 1.807) is 11.8 Å². The molecule has 90 valence electrons. The van der Waals surface area contributed by atoms with E-state index >= 15 is 0 Å². The number of hydrogen-bond acceptors (Lipinski definition) is 4. The number of aromatic nitrogens is 1. The number of thioether (sulfide) groups is 1. The Kier molecular flexibility index (Phi) is 3.92. The topological polar surface area (TPSA) is 38.1 Å². The average Bonchev–Trinajstić information content (AvgIpc) is 2.58. The van der Waals surface area contributed by atoms with Gasteiger partial charge in [-0.25, -0.2) is 4.98 Å². The summed E-state index contributed by atoms with van der Waals surface area (Å²) in [6.07, 6.45) is 5.12. The van der Waals surface area contributed by atoms with Crippen molar-refractivity contribution in [2.24, 2.45) is 0 Å². The SMILES string of the molecule is CNC1CCCC(Sc2nc(C)c(C)o2)C1. The van der Waals surface area contributed by atoms with Crippen LogP contribution in [-0.4, -0.2) is 23.3 Å². The first-order valence-corrected chi connectivity index (χ1v) is 6.85. The maximum Gasteiger partial charge on any atom is 0.256 e. The second kappa shape index (κ2) is 5.23. The van der Waals surface area contributed by atoms with Gasteiger partial charge in [-0.15, -0.1) is 0 Å². The lowest BCUT2D eigenvalue weighted by molar-refractivity contribution is 0.395. The first kappa shape index (κ1) is 12.0. The van der Waals surface area contributed by atoms with Gasteiger partial charge in [0.25, 0.3) is 5.22 Å². The monoisotopic (exact) mass is 240 g/mol. The van der Waals surface area contributed by atoms with Crippen molar-refractivity contribution in [3.05, 3.63) is 11.5 Å². The highest BCUT2D eigenvalue weighted by Crippen LogP contribution is 2.33. The zero-order valence-electron chi connectivity index (χ0n) is 10.2. The Labute approximate surface area is 101 Å². The average molecular weight is 240 g/mol. The fourth-order valence-electron chi connectivity index (χ4n) is 2.15. The highest BCUT2D eigenvalue weighted by molar-refractivity contribution is 7.99. The van der Waals surface area contributed by atoms with Gasteiger partial charge in [0.15, 0.2) is 0 Å². The van der Waals surface area contributed by atoms with E-state index < -0.39 is 0 Å². The number of aryl methyl sites for hydroxylation is 2. The largest absolute Gasteiger partial charge is 0.437 e. The Bertz CT molecular complexity index is 331. The molecule has 1 N–H and O–H groups in total. The van der Waals surface area contributed by atoms with Crippen LogP contribution in [0, 0.1) is 13.8 Å². The number of nitrogens with one attached hydrogen (secondary N) is 1. The lowest BCUT2D eigenvalue weighted by Gasteiger charge is -2.27. The minimum atomic E-state index is 0.656. The molecule has 0 amide bonds. The van der Waals surface area contributed by atoms with Gasteiger partial charge in [0.2, 0.25) is 0 Å². The molecule has 1 saturated carbocycles. The van der Waals surface area contributed by atoms with E-state index in [0.717, 1.165) is 16.7 Å². The Morgan fingerprint density at radius 2 is 2.19 bits per heavy atom. The van der Waals surface area contributed by atoms with Crippen LogP contribution >= 0.6 is 11.8 Å². The number of oxazole rings is 1. The third-order valence-electron chi connectivity index (χ3n) is 3.31. The summed E-state index contributed by atoms with van der Waals surface area (Å²) in [6, 6.07) is 0.670. The molecular formula is C12H20N2OS. The Hall–Kier alpha value is -0.480. The molecule has 1 aromatic heterocycles. The van der Waals surface area contributed by atoms with Crippen molar-refractivity contribution in [2.75, 3.05) is 7.05 Å². The molecule has 0 aliphatic heterocycles. The molecule has 3 nitrogen and oxygen atoms in total. The van der Waals surface area contributed by atoms with E-state index in [1.165, 1.54) is 25.7 Å². The van der Waals surface area contributed by atoms with Crippen LogP contribution in [0.3, 0.4) is 0 Å². The number of hydrogen-bond donors (Lipinski definition) is 1. The predicted molar refractivity (Wildman–Crippen MR) is 66.9 cm³/mol. The molecule has 2 rings (SSSR count). The maximum absolute atomic E-state index is 5.62. The van der Waals surface area contributed by atoms with Crippen molar-refractivity contribution in [2.45, 2.75) is 56.0 Å². The lowest BCUT2D eigenvalue weighted by Crippen LogP contribution is -2.32. The minimum absolute atomic E-state index is 0.656. The van der Waals surface area contributed by atoms with Crippen molar-refractivity contribution in [1.82, 2.24) is 10.3 Å². The molecular weight excluding hydrogens is 220 g/mol. The molecule has 4 heteroatoms. The summed E-state index contributed by atoms with van der Waals surface area (Å²) in [5.41, 5.74) is 1.02. The van der Waals surface area contributed by atoms with E-state index in [-0.39, 0.29) is 0 Å². The van der Waals surface area contributed by atoms with Gasteiger partial charge in [-0.05, 0) is 40.2 Å². The van der Waals surface area contributed by atoms with Crippen LogP contribution in [0.4, 0.5) is 0 Å². The van der Waals surface area contributed by atoms with Crippen LogP contribution < -0.4 is 5.32 Å². The Morgan fingerprint density at radius 3 is 2.81 bits per heavy atom. The first-order chi connectivity index (χ1) is 7.69. The molecule has 0 spiro atoms. The third kappa shape index (κ3) is 2.80. The molecule has 2 unspecified atom stereocenters. The molecule has 2 atom stereocenters. The predicted octanol–water partition coefficient (Wildman–Crippen LogP) is 2.91. The quantitative estimate of drug-likeness (QED) is 0.881. The van der Waals surface area contributed by atoms with Crippen LogP contribution in [0.25, 0.3) is 0 Å². The van der Waals surface area contributed by atoms with Gasteiger partial charge < -0.3 is 9.73 Å². The summed E-state index contributed by atoms with van der Waals surface area (Å²) in [5, 5.41) is 4.87. The Balaban J connectivity index is 1.93. The van der Waals surface area contributed by atoms with Crippen LogP contribution in [0.15, 0.2) is 9.64 Å². The molecule has 0 bridgehead atoms. The van der Waals surface area contributed by atoms with Crippen LogP contribution in [0.5, 0.6) is 0 Å². The zero-order valence-corrected chi connectivity index (χ0v) is 11.1. The van der Waals surface area contributed by atoms with Crippen molar-refractivity contribution in [3.63, 3.8) is 0 Å². The standard InChI is InChI=1S/C12H20N2OS/c1-8-9(2)15-12(14-8)16-11-6-4-5-10(7-11)13-3/h10-11,13H,4-7H2,1-3H3. The second-order valence-electron chi connectivity index (χ2n) is 4.51. The summed E-state index contributed by atoms with van der Waals surface area (Å²) in [7, 11) is 2.05. The van der Waals surface area contributed by atoms with Gasteiger partial charge >= 0.3 is 0 Å². The molecule has 1 aliphatic rings. The van der Waals surface area contributed by atoms with Crippen molar-refractivity contribution >= 4 is 11.8 Å². The minimum Gasteiger partial charge on any atom is -0.437 e. The summed E-state index contributed by atoms with van der Waals surface area (Å²) >= 11 is 1.80. The van der Waals surface area contributed by atoms with Gasteiger partial charge in [0.1, 0.15) is 5.76 Å². The molecule has 1 fully saturated rings. The summed E-state index contributed by atoms with van der Waals surface area (Å²) in [5.74, 6) is 0.948. The highest BCUT2D eigenvalue weighted by Gasteiger charge is 2.23. The Morgan fingerprint density at radius 1 is 1.38 bits per heavy atom. The summed E-state index contributed by atoms with van der Waals surface area (Å²) in [6.45, 7) is 3.98. The third-order valence-corrected chi connectivity index (χ3v) is 4.45. The van der Waals surface area contributed by atoms with E-state index in [9.17, 15) is 0 Å². The number of rotatable bonds is 3. The summed E-state index contributed by atoms with van der Waals surface area (Å²) < 4.78 is 5.62. The molecule has 1 aromatic rings. The summed E-state index contributed by atoms with van der Waals surface area (Å²) in [4.78, 5) is 4.43. The van der Waals surface area contributed by atoms with Gasteiger partial charge in [-0.3, -0.25) is 0 Å². The first-order valence-electron chi connectivity index (χ1n) is 5.97. The molecule has 0 saturated heterocycles. The molecule has 1 aliphatic carbocycles. The van der Waals surface area contributed by atoms with E-state index in [1.807, 2.05) is 13.8 Å². The molecule has 1 heterocycles. The van der Waals surface area contributed by atoms with Crippen molar-refractivity contribution in [1.29, 1.82) is 0 Å². The van der Waals surface area contributed by atoms with Crippen molar-refractivity contribution in [3.8, 4) is 0 Å². The van der Waals surface area contributed by atoms with Gasteiger partial charge in [0.05, 0.1) is 5.69 Å². The normalized spacial score (nSPS) is 25.9. The van der Waals surface area contributed by atoms with E-state index in [0.29, 0.717) is 11.3 Å². The fourth-order valence-corrected chi connectivity index (χ4v) is 3.41. The molecule has 0 radical (unpaired) electrons. The molecule has 16 heavy (non-hydrogen) atoms. The molecule has 0 aromatic carbocycles. The smallest absolute Gasteiger partial charge is 0.256 e. The fraction of sp³-hybridized carbons (Fsp3) is 0.750. The van der Waals surface area contributed by atoms with Gasteiger partial charge in [-0.1, -0.05) is 18.2 Å². The van der Waals surface area contributed by atoms with E-state index in [4.69, 9.17) is 4.42 Å². The second-order valence-corrected chi connectivity index (χ2v) is 5.77. The van der Waals surface area contributed by atoms with Crippen molar-refractivity contribution < 1.29 is 4.42 Å². The van der Waals surface area contributed by atoms with Gasteiger partial charge in [-0.2, -0.15) is 0 Å². The maximum atomic E-state index is 5.62. The van der Waals surface area contributed by atoms with Crippen LogP contribution in [0.1, 0.15) is 37.1 Å². The highest BCUT2D eigenvalue weighted by atomic mass is 32.2. The zero-order chi connectivity index (χ0) is 11.5. The van der Waals surface area contributed by atoms with Gasteiger partial charge in [0, 0.05) is 11.3 Å².